The van der Waals surface area contributed by atoms with Gasteiger partial charge in [-0.05, 0) is 35.9 Å². The van der Waals surface area contributed by atoms with Crippen molar-refractivity contribution in [3.05, 3.63) is 80.8 Å². The number of hydrogen-bond donors (Lipinski definition) is 0. The van der Waals surface area contributed by atoms with Crippen LogP contribution in [0.1, 0.15) is 11.1 Å². The fourth-order valence-corrected chi connectivity index (χ4v) is 2.25. The van der Waals surface area contributed by atoms with Crippen molar-refractivity contribution >= 4 is 43.7 Å². The molecule has 0 aliphatic rings. The first-order chi connectivity index (χ1) is 9.69. The van der Waals surface area contributed by atoms with E-state index in [1.807, 2.05) is 54.6 Å². The van der Waals surface area contributed by atoms with Crippen LogP contribution in [0.15, 0.2) is 69.6 Å². The second-order valence-electron chi connectivity index (χ2n) is 4.15. The van der Waals surface area contributed by atoms with Crippen LogP contribution < -0.4 is 0 Å². The molecule has 102 valence electrons. The molecule has 2 aromatic carbocycles. The van der Waals surface area contributed by atoms with Crippen molar-refractivity contribution in [1.82, 2.24) is 0 Å². The van der Waals surface area contributed by atoms with E-state index in [0.29, 0.717) is 0 Å². The molecule has 0 unspecified atom stereocenters. The average Bonchev–Trinajstić information content (AvgIpc) is 2.47. The molecular formula is C17H14Br2O. The van der Waals surface area contributed by atoms with E-state index in [1.165, 1.54) is 0 Å². The van der Waals surface area contributed by atoms with Crippen LogP contribution in [-0.4, -0.2) is 7.11 Å². The van der Waals surface area contributed by atoms with Crippen LogP contribution in [0.2, 0.25) is 0 Å². The largest absolute Gasteiger partial charge is 0.496 e. The molecule has 0 aliphatic carbocycles. The standard InChI is InChI=1S/C17H14Br2O/c1-20-17(14-7-11-16(19)12-8-14)4-2-3-13-5-9-15(18)10-6-13/h2-12H,1H3/b3-2+,17-4+. The predicted octanol–water partition coefficient (Wildman–Crippen LogP) is 5.91. The van der Waals surface area contributed by atoms with Gasteiger partial charge in [-0.15, -0.1) is 0 Å². The Hall–Kier alpha value is -1.32. The van der Waals surface area contributed by atoms with Crippen molar-refractivity contribution in [3.8, 4) is 0 Å². The zero-order chi connectivity index (χ0) is 14.4. The van der Waals surface area contributed by atoms with Crippen molar-refractivity contribution < 1.29 is 4.74 Å². The topological polar surface area (TPSA) is 9.23 Å². The summed E-state index contributed by atoms with van der Waals surface area (Å²) in [5.41, 5.74) is 2.20. The first-order valence-corrected chi connectivity index (χ1v) is 7.71. The maximum Gasteiger partial charge on any atom is 0.126 e. The minimum atomic E-state index is 0.839. The Labute approximate surface area is 136 Å². The number of methoxy groups -OCH3 is 1. The number of halogens is 2. The van der Waals surface area contributed by atoms with Gasteiger partial charge in [-0.3, -0.25) is 0 Å². The molecule has 0 N–H and O–H groups in total. The number of benzene rings is 2. The van der Waals surface area contributed by atoms with Crippen LogP contribution in [0.3, 0.4) is 0 Å². The SMILES string of the molecule is CO/C(=C/C=C/c1ccc(Br)cc1)c1ccc(Br)cc1. The summed E-state index contributed by atoms with van der Waals surface area (Å²) in [7, 11) is 1.68. The lowest BCUT2D eigenvalue weighted by molar-refractivity contribution is 0.370. The molecule has 0 saturated carbocycles. The number of rotatable bonds is 4. The van der Waals surface area contributed by atoms with Crippen LogP contribution in [0.5, 0.6) is 0 Å². The smallest absolute Gasteiger partial charge is 0.126 e. The van der Waals surface area contributed by atoms with Crippen molar-refractivity contribution in [2.75, 3.05) is 7.11 Å². The highest BCUT2D eigenvalue weighted by atomic mass is 79.9. The lowest BCUT2D eigenvalue weighted by Crippen LogP contribution is -1.86. The van der Waals surface area contributed by atoms with E-state index >= 15 is 0 Å². The number of allylic oxidation sites excluding steroid dienone is 2. The van der Waals surface area contributed by atoms with Crippen molar-refractivity contribution in [1.29, 1.82) is 0 Å². The Morgan fingerprint density at radius 1 is 0.900 bits per heavy atom. The van der Waals surface area contributed by atoms with Gasteiger partial charge in [-0.1, -0.05) is 68.3 Å². The summed E-state index contributed by atoms with van der Waals surface area (Å²) >= 11 is 6.85. The van der Waals surface area contributed by atoms with Crippen LogP contribution in [-0.2, 0) is 4.74 Å². The third-order valence-electron chi connectivity index (χ3n) is 2.75. The van der Waals surface area contributed by atoms with E-state index in [-0.39, 0.29) is 0 Å². The maximum atomic E-state index is 5.42. The second-order valence-corrected chi connectivity index (χ2v) is 5.98. The molecule has 2 rings (SSSR count). The summed E-state index contributed by atoms with van der Waals surface area (Å²) in [5.74, 6) is 0.839. The second kappa shape index (κ2) is 7.46. The molecule has 0 aromatic heterocycles. The van der Waals surface area contributed by atoms with Gasteiger partial charge in [-0.25, -0.2) is 0 Å². The first-order valence-electron chi connectivity index (χ1n) is 6.13. The zero-order valence-corrected chi connectivity index (χ0v) is 14.2. The summed E-state index contributed by atoms with van der Waals surface area (Å²) < 4.78 is 7.56. The van der Waals surface area contributed by atoms with E-state index in [2.05, 4.69) is 44.0 Å². The average molecular weight is 394 g/mol. The van der Waals surface area contributed by atoms with Crippen LogP contribution in [0, 0.1) is 0 Å². The van der Waals surface area contributed by atoms with E-state index < -0.39 is 0 Å². The number of ether oxygens (including phenoxy) is 1. The molecule has 0 heterocycles. The van der Waals surface area contributed by atoms with Gasteiger partial charge in [0.25, 0.3) is 0 Å². The molecule has 0 atom stereocenters. The summed E-state index contributed by atoms with van der Waals surface area (Å²) in [4.78, 5) is 0. The Kier molecular flexibility index (Phi) is 5.62. The highest BCUT2D eigenvalue weighted by molar-refractivity contribution is 9.10. The van der Waals surface area contributed by atoms with Gasteiger partial charge < -0.3 is 4.74 Å². The van der Waals surface area contributed by atoms with E-state index in [0.717, 1.165) is 25.8 Å². The van der Waals surface area contributed by atoms with Crippen molar-refractivity contribution in [2.24, 2.45) is 0 Å². The van der Waals surface area contributed by atoms with Gasteiger partial charge >= 0.3 is 0 Å². The minimum absolute atomic E-state index is 0.839. The Bertz CT molecular complexity index is 610. The fourth-order valence-electron chi connectivity index (χ4n) is 1.72. The zero-order valence-electron chi connectivity index (χ0n) is 11.0. The summed E-state index contributed by atoms with van der Waals surface area (Å²) in [5, 5.41) is 0. The highest BCUT2D eigenvalue weighted by Crippen LogP contribution is 2.19. The highest BCUT2D eigenvalue weighted by Gasteiger charge is 1.99. The summed E-state index contributed by atoms with van der Waals surface area (Å²) in [6.45, 7) is 0. The van der Waals surface area contributed by atoms with Crippen molar-refractivity contribution in [2.45, 2.75) is 0 Å². The van der Waals surface area contributed by atoms with Gasteiger partial charge in [0.15, 0.2) is 0 Å². The molecule has 2 aromatic rings. The van der Waals surface area contributed by atoms with Crippen LogP contribution >= 0.6 is 31.9 Å². The van der Waals surface area contributed by atoms with Crippen LogP contribution in [0.25, 0.3) is 11.8 Å². The molecule has 0 spiro atoms. The van der Waals surface area contributed by atoms with Crippen molar-refractivity contribution in [3.63, 3.8) is 0 Å². The maximum absolute atomic E-state index is 5.42. The molecule has 1 nitrogen and oxygen atoms in total. The molecule has 0 bridgehead atoms. The molecule has 0 radical (unpaired) electrons. The third-order valence-corrected chi connectivity index (χ3v) is 3.81. The van der Waals surface area contributed by atoms with E-state index in [4.69, 9.17) is 4.74 Å². The third kappa shape index (κ3) is 4.36. The van der Waals surface area contributed by atoms with Crippen LogP contribution in [0.4, 0.5) is 0 Å². The lowest BCUT2D eigenvalue weighted by atomic mass is 10.1. The molecule has 3 heteroatoms. The van der Waals surface area contributed by atoms with Gasteiger partial charge in [0, 0.05) is 14.5 Å². The molecule has 0 aliphatic heterocycles. The summed E-state index contributed by atoms with van der Waals surface area (Å²) in [6.07, 6.45) is 6.00. The van der Waals surface area contributed by atoms with E-state index in [1.54, 1.807) is 7.11 Å². The molecule has 0 amide bonds. The van der Waals surface area contributed by atoms with Gasteiger partial charge in [-0.2, -0.15) is 0 Å². The monoisotopic (exact) mass is 392 g/mol. The van der Waals surface area contributed by atoms with E-state index in [9.17, 15) is 0 Å². The molecular weight excluding hydrogens is 380 g/mol. The Morgan fingerprint density at radius 2 is 1.45 bits per heavy atom. The Balaban J connectivity index is 2.15. The quantitative estimate of drug-likeness (QED) is 0.463. The number of hydrogen-bond acceptors (Lipinski definition) is 1. The summed E-state index contributed by atoms with van der Waals surface area (Å²) in [6, 6.07) is 16.2. The molecule has 20 heavy (non-hydrogen) atoms. The predicted molar refractivity (Wildman–Crippen MR) is 92.3 cm³/mol. The normalized spacial score (nSPS) is 11.8. The molecule has 0 fully saturated rings. The minimum Gasteiger partial charge on any atom is -0.496 e. The van der Waals surface area contributed by atoms with Gasteiger partial charge in [0.05, 0.1) is 7.11 Å². The van der Waals surface area contributed by atoms with Gasteiger partial charge in [0.2, 0.25) is 0 Å². The fraction of sp³-hybridized carbons (Fsp3) is 0.0588. The first kappa shape index (κ1) is 15.1. The van der Waals surface area contributed by atoms with Gasteiger partial charge in [0.1, 0.15) is 5.76 Å². The molecule has 0 saturated heterocycles. The lowest BCUT2D eigenvalue weighted by Gasteiger charge is -2.05. The Morgan fingerprint density at radius 3 is 2.00 bits per heavy atom.